The van der Waals surface area contributed by atoms with Gasteiger partial charge < -0.3 is 5.32 Å². The lowest BCUT2D eigenvalue weighted by Crippen LogP contribution is -2.53. The number of piperidine rings is 1. The molecule has 1 N–H and O–H groups in total. The number of rotatable bonds is 5. The van der Waals surface area contributed by atoms with Crippen LogP contribution in [0.25, 0.3) is 0 Å². The third-order valence-corrected chi connectivity index (χ3v) is 5.53. The van der Waals surface area contributed by atoms with Gasteiger partial charge in [0.05, 0.1) is 0 Å². The van der Waals surface area contributed by atoms with Crippen LogP contribution in [0.2, 0.25) is 0 Å². The van der Waals surface area contributed by atoms with Gasteiger partial charge in [-0.25, -0.2) is 0 Å². The minimum atomic E-state index is 0.650. The molecule has 3 atom stereocenters. The largest absolute Gasteiger partial charge is 0.309 e. The van der Waals surface area contributed by atoms with Crippen LogP contribution in [0.5, 0.6) is 0 Å². The van der Waals surface area contributed by atoms with Crippen LogP contribution in [0.1, 0.15) is 45.1 Å². The average molecular weight is 286 g/mol. The van der Waals surface area contributed by atoms with E-state index in [1.807, 2.05) is 0 Å². The van der Waals surface area contributed by atoms with Crippen LogP contribution in [0.3, 0.4) is 0 Å². The van der Waals surface area contributed by atoms with E-state index in [1.54, 1.807) is 0 Å². The average Bonchev–Trinajstić information content (AvgIpc) is 2.44. The molecule has 1 saturated heterocycles. The summed E-state index contributed by atoms with van der Waals surface area (Å²) in [6.45, 7) is 8.40. The Kier molecular flexibility index (Phi) is 4.97. The van der Waals surface area contributed by atoms with Gasteiger partial charge in [-0.15, -0.1) is 0 Å². The first-order chi connectivity index (χ1) is 10.2. The maximum Gasteiger partial charge on any atom is 0.0208 e. The summed E-state index contributed by atoms with van der Waals surface area (Å²) in [5.41, 5.74) is 1.40. The minimum Gasteiger partial charge on any atom is -0.309 e. The quantitative estimate of drug-likeness (QED) is 0.888. The van der Waals surface area contributed by atoms with Crippen molar-refractivity contribution in [3.05, 3.63) is 35.9 Å². The molecule has 3 rings (SSSR count). The summed E-state index contributed by atoms with van der Waals surface area (Å²) >= 11 is 0. The predicted octanol–water partition coefficient (Wildman–Crippen LogP) is 3.68. The zero-order chi connectivity index (χ0) is 14.7. The lowest BCUT2D eigenvalue weighted by Gasteiger charge is -2.45. The van der Waals surface area contributed by atoms with Gasteiger partial charge in [0, 0.05) is 31.7 Å². The smallest absolute Gasteiger partial charge is 0.0208 e. The summed E-state index contributed by atoms with van der Waals surface area (Å²) in [5, 5.41) is 3.79. The fourth-order valence-corrected chi connectivity index (χ4v) is 3.95. The van der Waals surface area contributed by atoms with Crippen LogP contribution < -0.4 is 5.32 Å². The second kappa shape index (κ2) is 6.93. The van der Waals surface area contributed by atoms with Crippen LogP contribution in [0.4, 0.5) is 0 Å². The van der Waals surface area contributed by atoms with Crippen molar-refractivity contribution in [2.45, 2.75) is 58.2 Å². The predicted molar refractivity (Wildman–Crippen MR) is 89.2 cm³/mol. The molecule has 1 aliphatic carbocycles. The Bertz CT molecular complexity index is 426. The lowest BCUT2D eigenvalue weighted by atomic mass is 9.79. The van der Waals surface area contributed by atoms with Crippen LogP contribution in [0.15, 0.2) is 30.3 Å². The Morgan fingerprint density at radius 3 is 2.62 bits per heavy atom. The van der Waals surface area contributed by atoms with Crippen LogP contribution >= 0.6 is 0 Å². The fraction of sp³-hybridized carbons (Fsp3) is 0.684. The number of nitrogens with one attached hydrogen (secondary N) is 1. The summed E-state index contributed by atoms with van der Waals surface area (Å²) in [5.74, 6) is 1.78. The van der Waals surface area contributed by atoms with E-state index in [0.717, 1.165) is 24.4 Å². The second-order valence-corrected chi connectivity index (χ2v) is 7.29. The van der Waals surface area contributed by atoms with Gasteiger partial charge in [-0.1, -0.05) is 43.7 Å². The van der Waals surface area contributed by atoms with Crippen molar-refractivity contribution in [3.63, 3.8) is 0 Å². The summed E-state index contributed by atoms with van der Waals surface area (Å²) in [7, 11) is 0. The van der Waals surface area contributed by atoms with Crippen molar-refractivity contribution in [2.24, 2.45) is 11.8 Å². The van der Waals surface area contributed by atoms with Gasteiger partial charge in [0.1, 0.15) is 0 Å². The van der Waals surface area contributed by atoms with Crippen LogP contribution in [0, 0.1) is 11.8 Å². The number of hydrogen-bond acceptors (Lipinski definition) is 2. The molecule has 0 amide bonds. The third kappa shape index (κ3) is 3.87. The molecule has 0 radical (unpaired) electrons. The van der Waals surface area contributed by atoms with E-state index >= 15 is 0 Å². The van der Waals surface area contributed by atoms with E-state index in [2.05, 4.69) is 54.4 Å². The molecule has 0 aromatic heterocycles. The third-order valence-electron chi connectivity index (χ3n) is 5.53. The minimum absolute atomic E-state index is 0.650. The summed E-state index contributed by atoms with van der Waals surface area (Å²) < 4.78 is 0. The van der Waals surface area contributed by atoms with E-state index in [4.69, 9.17) is 0 Å². The molecule has 2 heteroatoms. The van der Waals surface area contributed by atoms with Crippen molar-refractivity contribution in [1.29, 1.82) is 0 Å². The molecular weight excluding hydrogens is 256 g/mol. The van der Waals surface area contributed by atoms with Crippen molar-refractivity contribution in [1.82, 2.24) is 10.2 Å². The van der Waals surface area contributed by atoms with Crippen LogP contribution in [-0.2, 0) is 6.54 Å². The first kappa shape index (κ1) is 15.1. The molecular formula is C19H30N2. The van der Waals surface area contributed by atoms with Gasteiger partial charge in [0.15, 0.2) is 0 Å². The van der Waals surface area contributed by atoms with Gasteiger partial charge in [0.25, 0.3) is 0 Å². The zero-order valence-corrected chi connectivity index (χ0v) is 13.6. The van der Waals surface area contributed by atoms with E-state index in [9.17, 15) is 0 Å². The topological polar surface area (TPSA) is 15.3 Å². The maximum atomic E-state index is 3.79. The molecule has 1 saturated carbocycles. The Hall–Kier alpha value is -0.860. The van der Waals surface area contributed by atoms with E-state index in [-0.39, 0.29) is 0 Å². The summed E-state index contributed by atoms with van der Waals surface area (Å²) in [6.07, 6.45) is 5.68. The van der Waals surface area contributed by atoms with Gasteiger partial charge in [-0.2, -0.15) is 0 Å². The standard InChI is InChI=1S/C19H30N2/c1-15-11-19(20-12-17-7-4-3-5-8-17)14-21(13-15)16(2)18-9-6-10-18/h3-5,7-8,15-16,18-20H,6,9-14H2,1-2H3. The molecule has 0 bridgehead atoms. The van der Waals surface area contributed by atoms with Gasteiger partial charge in [-0.05, 0) is 43.6 Å². The highest BCUT2D eigenvalue weighted by atomic mass is 15.2. The molecule has 1 aromatic carbocycles. The Morgan fingerprint density at radius 1 is 1.19 bits per heavy atom. The number of hydrogen-bond donors (Lipinski definition) is 1. The SMILES string of the molecule is CC1CC(NCc2ccccc2)CN(C(C)C2CCC2)C1. The first-order valence-electron chi connectivity index (χ1n) is 8.73. The monoisotopic (exact) mass is 286 g/mol. The molecule has 1 heterocycles. The van der Waals surface area contributed by atoms with E-state index in [1.165, 1.54) is 44.3 Å². The van der Waals surface area contributed by atoms with Crippen molar-refractivity contribution >= 4 is 0 Å². The molecule has 2 nitrogen and oxygen atoms in total. The van der Waals surface area contributed by atoms with Gasteiger partial charge in [-0.3, -0.25) is 4.90 Å². The molecule has 21 heavy (non-hydrogen) atoms. The van der Waals surface area contributed by atoms with Crippen molar-refractivity contribution in [3.8, 4) is 0 Å². The Morgan fingerprint density at radius 2 is 1.95 bits per heavy atom. The molecule has 2 aliphatic rings. The van der Waals surface area contributed by atoms with Crippen LogP contribution in [-0.4, -0.2) is 30.1 Å². The molecule has 2 fully saturated rings. The summed E-state index contributed by atoms with van der Waals surface area (Å²) in [6, 6.07) is 12.2. The zero-order valence-electron chi connectivity index (χ0n) is 13.6. The molecule has 1 aromatic rings. The normalized spacial score (nSPS) is 29.0. The summed E-state index contributed by atoms with van der Waals surface area (Å²) in [4.78, 5) is 2.75. The van der Waals surface area contributed by atoms with Gasteiger partial charge in [0.2, 0.25) is 0 Å². The highest BCUT2D eigenvalue weighted by Crippen LogP contribution is 2.33. The van der Waals surface area contributed by atoms with Crippen molar-refractivity contribution < 1.29 is 0 Å². The fourth-order valence-electron chi connectivity index (χ4n) is 3.95. The highest BCUT2D eigenvalue weighted by molar-refractivity contribution is 5.14. The molecule has 116 valence electrons. The number of nitrogens with zero attached hydrogens (tertiary/aromatic N) is 1. The second-order valence-electron chi connectivity index (χ2n) is 7.29. The van der Waals surface area contributed by atoms with E-state index < -0.39 is 0 Å². The lowest BCUT2D eigenvalue weighted by molar-refractivity contribution is 0.0554. The van der Waals surface area contributed by atoms with E-state index in [0.29, 0.717) is 6.04 Å². The molecule has 0 spiro atoms. The highest BCUT2D eigenvalue weighted by Gasteiger charge is 2.33. The number of likely N-dealkylation sites (tertiary alicyclic amines) is 1. The maximum absolute atomic E-state index is 3.79. The first-order valence-corrected chi connectivity index (χ1v) is 8.73. The van der Waals surface area contributed by atoms with Gasteiger partial charge >= 0.3 is 0 Å². The number of benzene rings is 1. The Balaban J connectivity index is 1.53. The Labute approximate surface area is 129 Å². The van der Waals surface area contributed by atoms with Crippen molar-refractivity contribution in [2.75, 3.05) is 13.1 Å². The molecule has 1 aliphatic heterocycles. The molecule has 3 unspecified atom stereocenters.